The van der Waals surface area contributed by atoms with E-state index in [4.69, 9.17) is 0 Å². The molecule has 3 fully saturated rings. The van der Waals surface area contributed by atoms with Crippen LogP contribution in [0.2, 0.25) is 0 Å². The number of hydrogen-bond donors (Lipinski definition) is 1. The van der Waals surface area contributed by atoms with Crippen LogP contribution in [0.1, 0.15) is 58.3 Å². The molecule has 3 aliphatic rings. The molecular formula is C15H28N2. The molecule has 1 N–H and O–H groups in total. The third kappa shape index (κ3) is 2.85. The van der Waals surface area contributed by atoms with Crippen LogP contribution >= 0.6 is 0 Å². The maximum atomic E-state index is 3.73. The van der Waals surface area contributed by atoms with Gasteiger partial charge in [-0.1, -0.05) is 19.8 Å². The molecule has 0 amide bonds. The monoisotopic (exact) mass is 236 g/mol. The van der Waals surface area contributed by atoms with Crippen LogP contribution in [0.5, 0.6) is 0 Å². The smallest absolute Gasteiger partial charge is 0.0195 e. The molecule has 0 bridgehead atoms. The van der Waals surface area contributed by atoms with E-state index in [1.54, 1.807) is 0 Å². The van der Waals surface area contributed by atoms with Crippen LogP contribution in [-0.4, -0.2) is 36.1 Å². The lowest BCUT2D eigenvalue weighted by atomic mass is 10.0. The fraction of sp³-hybridized carbons (Fsp3) is 1.00. The van der Waals surface area contributed by atoms with E-state index < -0.39 is 0 Å². The Morgan fingerprint density at radius 2 is 1.88 bits per heavy atom. The Hall–Kier alpha value is -0.0800. The summed E-state index contributed by atoms with van der Waals surface area (Å²) in [5, 5.41) is 3.73. The van der Waals surface area contributed by atoms with Crippen LogP contribution in [0.4, 0.5) is 0 Å². The number of nitrogens with zero attached hydrogens (tertiary/aromatic N) is 1. The van der Waals surface area contributed by atoms with Gasteiger partial charge in [-0.2, -0.15) is 0 Å². The van der Waals surface area contributed by atoms with Crippen molar-refractivity contribution in [2.24, 2.45) is 5.92 Å². The molecule has 0 aromatic heterocycles. The second kappa shape index (κ2) is 5.27. The third-order valence-corrected chi connectivity index (χ3v) is 5.10. The minimum absolute atomic E-state index is 0.789. The fourth-order valence-electron chi connectivity index (χ4n) is 3.91. The molecular weight excluding hydrogens is 208 g/mol. The Labute approximate surface area is 106 Å². The summed E-state index contributed by atoms with van der Waals surface area (Å²) in [6.45, 7) is 5.06. The molecule has 1 saturated heterocycles. The second-order valence-corrected chi connectivity index (χ2v) is 6.55. The SMILES string of the molecule is CC1CCCC1N(CC1CCCCN1)C1CC1. The van der Waals surface area contributed by atoms with Crippen molar-refractivity contribution in [3.8, 4) is 0 Å². The van der Waals surface area contributed by atoms with Gasteiger partial charge in [-0.3, -0.25) is 4.90 Å². The molecule has 98 valence electrons. The highest BCUT2D eigenvalue weighted by atomic mass is 15.2. The molecule has 0 aromatic rings. The van der Waals surface area contributed by atoms with E-state index in [2.05, 4.69) is 17.1 Å². The molecule has 3 rings (SSSR count). The molecule has 0 spiro atoms. The van der Waals surface area contributed by atoms with E-state index in [9.17, 15) is 0 Å². The zero-order valence-electron chi connectivity index (χ0n) is 11.3. The van der Waals surface area contributed by atoms with Gasteiger partial charge < -0.3 is 5.32 Å². The van der Waals surface area contributed by atoms with Crippen molar-refractivity contribution in [1.82, 2.24) is 10.2 Å². The Bertz CT molecular complexity index is 243. The topological polar surface area (TPSA) is 15.3 Å². The van der Waals surface area contributed by atoms with Gasteiger partial charge in [0.25, 0.3) is 0 Å². The van der Waals surface area contributed by atoms with Gasteiger partial charge in [-0.15, -0.1) is 0 Å². The number of hydrogen-bond acceptors (Lipinski definition) is 2. The number of rotatable bonds is 4. The van der Waals surface area contributed by atoms with E-state index in [1.807, 2.05) is 0 Å². The minimum atomic E-state index is 0.789. The molecule has 1 heterocycles. The lowest BCUT2D eigenvalue weighted by Gasteiger charge is -2.36. The summed E-state index contributed by atoms with van der Waals surface area (Å²) in [4.78, 5) is 2.89. The summed E-state index contributed by atoms with van der Waals surface area (Å²) in [6, 6.07) is 2.65. The van der Waals surface area contributed by atoms with Crippen molar-refractivity contribution in [3.63, 3.8) is 0 Å². The summed E-state index contributed by atoms with van der Waals surface area (Å²) >= 11 is 0. The lowest BCUT2D eigenvalue weighted by molar-refractivity contribution is 0.133. The Morgan fingerprint density at radius 3 is 2.47 bits per heavy atom. The predicted molar refractivity (Wildman–Crippen MR) is 72.2 cm³/mol. The maximum absolute atomic E-state index is 3.73. The van der Waals surface area contributed by atoms with E-state index in [1.165, 1.54) is 64.5 Å². The van der Waals surface area contributed by atoms with Gasteiger partial charge in [0.15, 0.2) is 0 Å². The first-order chi connectivity index (χ1) is 8.34. The standard InChI is InChI=1S/C15H28N2/c1-12-5-4-7-15(12)17(14-8-9-14)11-13-6-2-3-10-16-13/h12-16H,2-11H2,1H3. The van der Waals surface area contributed by atoms with Gasteiger partial charge in [0.1, 0.15) is 0 Å². The average molecular weight is 236 g/mol. The van der Waals surface area contributed by atoms with Crippen LogP contribution in [0, 0.1) is 5.92 Å². The summed E-state index contributed by atoms with van der Waals surface area (Å²) in [5.74, 6) is 0.944. The highest BCUT2D eigenvalue weighted by Crippen LogP contribution is 2.37. The van der Waals surface area contributed by atoms with Crippen molar-refractivity contribution in [1.29, 1.82) is 0 Å². The Morgan fingerprint density at radius 1 is 1.00 bits per heavy atom. The summed E-state index contributed by atoms with van der Waals surface area (Å²) in [6.07, 6.45) is 11.6. The highest BCUT2D eigenvalue weighted by Gasteiger charge is 2.39. The summed E-state index contributed by atoms with van der Waals surface area (Å²) < 4.78 is 0. The molecule has 2 saturated carbocycles. The second-order valence-electron chi connectivity index (χ2n) is 6.55. The molecule has 2 heteroatoms. The maximum Gasteiger partial charge on any atom is 0.0195 e. The van der Waals surface area contributed by atoms with Crippen LogP contribution in [-0.2, 0) is 0 Å². The van der Waals surface area contributed by atoms with Crippen LogP contribution < -0.4 is 5.32 Å². The summed E-state index contributed by atoms with van der Waals surface area (Å²) in [5.41, 5.74) is 0. The van der Waals surface area contributed by atoms with Crippen LogP contribution in [0.25, 0.3) is 0 Å². The van der Waals surface area contributed by atoms with Gasteiger partial charge in [0, 0.05) is 24.7 Å². The largest absolute Gasteiger partial charge is 0.313 e. The van der Waals surface area contributed by atoms with Crippen molar-refractivity contribution in [3.05, 3.63) is 0 Å². The minimum Gasteiger partial charge on any atom is -0.313 e. The van der Waals surface area contributed by atoms with E-state index in [0.717, 1.165) is 24.0 Å². The Kier molecular flexibility index (Phi) is 3.72. The third-order valence-electron chi connectivity index (χ3n) is 5.10. The van der Waals surface area contributed by atoms with E-state index >= 15 is 0 Å². The fourth-order valence-corrected chi connectivity index (χ4v) is 3.91. The predicted octanol–water partition coefficient (Wildman–Crippen LogP) is 2.78. The van der Waals surface area contributed by atoms with Crippen molar-refractivity contribution >= 4 is 0 Å². The quantitative estimate of drug-likeness (QED) is 0.807. The lowest BCUT2D eigenvalue weighted by Crippen LogP contribution is -2.48. The molecule has 0 radical (unpaired) electrons. The molecule has 0 aromatic carbocycles. The number of nitrogens with one attached hydrogen (secondary N) is 1. The van der Waals surface area contributed by atoms with Gasteiger partial charge in [0.05, 0.1) is 0 Å². The molecule has 2 aliphatic carbocycles. The highest BCUT2D eigenvalue weighted by molar-refractivity contribution is 4.94. The van der Waals surface area contributed by atoms with Gasteiger partial charge in [-0.25, -0.2) is 0 Å². The van der Waals surface area contributed by atoms with Crippen LogP contribution in [0.3, 0.4) is 0 Å². The van der Waals surface area contributed by atoms with Gasteiger partial charge in [0.2, 0.25) is 0 Å². The van der Waals surface area contributed by atoms with E-state index in [0.29, 0.717) is 0 Å². The van der Waals surface area contributed by atoms with Crippen molar-refractivity contribution in [2.75, 3.05) is 13.1 Å². The normalized spacial score (nSPS) is 38.8. The number of piperidine rings is 1. The zero-order valence-corrected chi connectivity index (χ0v) is 11.3. The molecule has 1 aliphatic heterocycles. The van der Waals surface area contributed by atoms with Gasteiger partial charge in [-0.05, 0) is 51.0 Å². The first-order valence-electron chi connectivity index (χ1n) is 7.84. The molecule has 3 unspecified atom stereocenters. The average Bonchev–Trinajstić information content (AvgIpc) is 3.11. The summed E-state index contributed by atoms with van der Waals surface area (Å²) in [7, 11) is 0. The first-order valence-corrected chi connectivity index (χ1v) is 7.84. The molecule has 3 atom stereocenters. The Balaban J connectivity index is 1.59. The zero-order chi connectivity index (χ0) is 11.7. The van der Waals surface area contributed by atoms with Gasteiger partial charge >= 0.3 is 0 Å². The van der Waals surface area contributed by atoms with Crippen LogP contribution in [0.15, 0.2) is 0 Å². The van der Waals surface area contributed by atoms with E-state index in [-0.39, 0.29) is 0 Å². The molecule has 17 heavy (non-hydrogen) atoms. The van der Waals surface area contributed by atoms with Crippen molar-refractivity contribution < 1.29 is 0 Å². The molecule has 2 nitrogen and oxygen atoms in total. The first kappa shape index (κ1) is 12.0. The van der Waals surface area contributed by atoms with Crippen molar-refractivity contribution in [2.45, 2.75) is 76.4 Å².